The third kappa shape index (κ3) is 4.39. The maximum Gasteiger partial charge on any atom is 0.408 e. The Hall–Kier alpha value is -4.08. The van der Waals surface area contributed by atoms with Gasteiger partial charge in [-0.15, -0.1) is 0 Å². The molecular formula is C24H27N5O5. The number of carbonyl (C=O) groups excluding carboxylic acids is 1. The van der Waals surface area contributed by atoms with Crippen molar-refractivity contribution in [3.63, 3.8) is 0 Å². The van der Waals surface area contributed by atoms with E-state index in [1.54, 1.807) is 20.8 Å². The van der Waals surface area contributed by atoms with Gasteiger partial charge >= 0.3 is 12.1 Å². The van der Waals surface area contributed by atoms with Gasteiger partial charge in [0.1, 0.15) is 22.5 Å². The molecular weight excluding hydrogens is 438 g/mol. The average Bonchev–Trinajstić information content (AvgIpc) is 3.31. The van der Waals surface area contributed by atoms with Crippen LogP contribution >= 0.6 is 0 Å². The smallest absolute Gasteiger partial charge is 0.408 e. The van der Waals surface area contributed by atoms with E-state index >= 15 is 0 Å². The molecule has 0 aliphatic heterocycles. The fraction of sp³-hybridized carbons (Fsp3) is 0.333. The van der Waals surface area contributed by atoms with Crippen molar-refractivity contribution >= 4 is 34.1 Å². The molecule has 0 aliphatic carbocycles. The second-order valence-corrected chi connectivity index (χ2v) is 9.07. The summed E-state index contributed by atoms with van der Waals surface area (Å²) < 4.78 is 12.6. The number of pyridine rings is 1. The second kappa shape index (κ2) is 8.36. The summed E-state index contributed by atoms with van der Waals surface area (Å²) in [6.07, 6.45) is -0.511. The van der Waals surface area contributed by atoms with Crippen LogP contribution in [-0.2, 0) is 11.8 Å². The fourth-order valence-corrected chi connectivity index (χ4v) is 3.77. The maximum atomic E-state index is 12.1. The van der Waals surface area contributed by atoms with Crippen LogP contribution in [0.1, 0.15) is 49.8 Å². The molecule has 1 aromatic carbocycles. The van der Waals surface area contributed by atoms with Gasteiger partial charge in [0, 0.05) is 12.4 Å². The van der Waals surface area contributed by atoms with Gasteiger partial charge in [0.15, 0.2) is 5.82 Å². The van der Waals surface area contributed by atoms with Gasteiger partial charge in [-0.05, 0) is 58.0 Å². The van der Waals surface area contributed by atoms with E-state index in [1.165, 1.54) is 19.2 Å². The molecule has 0 saturated carbocycles. The zero-order valence-electron chi connectivity index (χ0n) is 19.9. The van der Waals surface area contributed by atoms with Crippen molar-refractivity contribution < 1.29 is 24.2 Å². The number of alkyl carbamates (subject to hydrolysis) is 1. The Kier molecular flexibility index (Phi) is 5.68. The molecule has 0 saturated heterocycles. The molecule has 0 bridgehead atoms. The molecule has 1 amide bonds. The number of aromatic amines is 1. The number of aromatic nitrogens is 4. The third-order valence-corrected chi connectivity index (χ3v) is 5.32. The quantitative estimate of drug-likeness (QED) is 0.398. The minimum Gasteiger partial charge on any atom is -0.494 e. The second-order valence-electron chi connectivity index (χ2n) is 9.07. The van der Waals surface area contributed by atoms with E-state index in [-0.39, 0.29) is 11.6 Å². The number of amides is 1. The van der Waals surface area contributed by atoms with Crippen LogP contribution in [0.3, 0.4) is 0 Å². The first kappa shape index (κ1) is 23.1. The highest BCUT2D eigenvalue weighted by Crippen LogP contribution is 2.32. The van der Waals surface area contributed by atoms with E-state index in [9.17, 15) is 14.7 Å². The lowest BCUT2D eigenvalue weighted by atomic mass is 10.2. The van der Waals surface area contributed by atoms with Crippen LogP contribution in [0.5, 0.6) is 5.75 Å². The first-order chi connectivity index (χ1) is 16.0. The number of nitrogens with zero attached hydrogens (tertiary/aromatic N) is 3. The number of nitrogens with one attached hydrogen (secondary N) is 2. The highest BCUT2D eigenvalue weighted by molar-refractivity contribution is 5.96. The molecule has 0 fully saturated rings. The molecule has 4 aromatic rings. The number of hydrogen-bond donors (Lipinski definition) is 3. The van der Waals surface area contributed by atoms with E-state index in [4.69, 9.17) is 9.47 Å². The zero-order valence-corrected chi connectivity index (χ0v) is 19.9. The predicted octanol–water partition coefficient (Wildman–Crippen LogP) is 4.41. The summed E-state index contributed by atoms with van der Waals surface area (Å²) in [5.41, 5.74) is 2.73. The van der Waals surface area contributed by atoms with Crippen LogP contribution in [0, 0.1) is 0 Å². The number of hydrogen-bond acceptors (Lipinski definition) is 6. The molecule has 1 atom stereocenters. The largest absolute Gasteiger partial charge is 0.494 e. The van der Waals surface area contributed by atoms with Crippen LogP contribution in [0.25, 0.3) is 33.6 Å². The number of aromatic carboxylic acids is 1. The molecule has 3 heterocycles. The van der Waals surface area contributed by atoms with E-state index in [2.05, 4.69) is 20.3 Å². The van der Waals surface area contributed by atoms with Gasteiger partial charge in [-0.2, -0.15) is 0 Å². The zero-order chi connectivity index (χ0) is 24.8. The summed E-state index contributed by atoms with van der Waals surface area (Å²) in [7, 11) is 3.33. The number of aryl methyl sites for hydroxylation is 1. The summed E-state index contributed by atoms with van der Waals surface area (Å²) in [6.45, 7) is 7.25. The van der Waals surface area contributed by atoms with Crippen molar-refractivity contribution in [2.75, 3.05) is 7.11 Å². The first-order valence-corrected chi connectivity index (χ1v) is 10.7. The Morgan fingerprint density at radius 3 is 2.56 bits per heavy atom. The van der Waals surface area contributed by atoms with E-state index in [0.29, 0.717) is 39.6 Å². The number of methoxy groups -OCH3 is 1. The van der Waals surface area contributed by atoms with Gasteiger partial charge in [-0.25, -0.2) is 19.6 Å². The molecule has 0 unspecified atom stereocenters. The molecule has 0 spiro atoms. The number of benzene rings is 1. The van der Waals surface area contributed by atoms with Gasteiger partial charge in [0.25, 0.3) is 0 Å². The first-order valence-electron chi connectivity index (χ1n) is 10.7. The highest BCUT2D eigenvalue weighted by atomic mass is 16.6. The van der Waals surface area contributed by atoms with Crippen LogP contribution in [0.2, 0.25) is 0 Å². The standard InChI is InChI=1S/C24H27N5O5/c1-12(25-23(32)34-24(2,3)4)15-8-7-13-9-17(27-20(13)26-15)21-28-16-10-14(22(30)31)11-18(33-6)19(16)29(21)5/h7-12H,1-6H3,(H,25,32)(H,26,27)(H,30,31)/t12-/m1/s1. The SMILES string of the molecule is COc1cc(C(=O)O)cc2nc(-c3cc4ccc([C@@H](C)NC(=O)OC(C)(C)C)nc4[nH]3)n(C)c12. The number of imidazole rings is 1. The number of carboxylic acid groups (broad SMARTS) is 1. The lowest BCUT2D eigenvalue weighted by molar-refractivity contribution is 0.0506. The van der Waals surface area contributed by atoms with E-state index in [1.807, 2.05) is 36.7 Å². The van der Waals surface area contributed by atoms with Crippen molar-refractivity contribution in [2.45, 2.75) is 39.3 Å². The van der Waals surface area contributed by atoms with Crippen LogP contribution in [-0.4, -0.2) is 49.4 Å². The normalized spacial score (nSPS) is 12.6. The number of rotatable bonds is 5. The summed E-state index contributed by atoms with van der Waals surface area (Å²) in [5.74, 6) is -0.0195. The predicted molar refractivity (Wildman–Crippen MR) is 127 cm³/mol. The topological polar surface area (TPSA) is 131 Å². The lowest BCUT2D eigenvalue weighted by Gasteiger charge is -2.21. The Labute approximate surface area is 195 Å². The minimum atomic E-state index is -1.05. The molecule has 3 aromatic heterocycles. The molecule has 0 radical (unpaired) electrons. The number of H-pyrrole nitrogens is 1. The summed E-state index contributed by atoms with van der Waals surface area (Å²) in [4.78, 5) is 36.2. The minimum absolute atomic E-state index is 0.100. The van der Waals surface area contributed by atoms with Gasteiger partial charge in [-0.3, -0.25) is 0 Å². The Balaban J connectivity index is 1.69. The molecule has 10 nitrogen and oxygen atoms in total. The number of carboxylic acids is 1. The molecule has 178 valence electrons. The Bertz CT molecular complexity index is 1410. The molecule has 34 heavy (non-hydrogen) atoms. The van der Waals surface area contributed by atoms with Crippen LogP contribution in [0.15, 0.2) is 30.3 Å². The van der Waals surface area contributed by atoms with Gasteiger partial charge < -0.3 is 29.4 Å². The van der Waals surface area contributed by atoms with Crippen molar-refractivity contribution in [2.24, 2.45) is 7.05 Å². The average molecular weight is 466 g/mol. The molecule has 10 heteroatoms. The van der Waals surface area contributed by atoms with Gasteiger partial charge in [0.2, 0.25) is 0 Å². The van der Waals surface area contributed by atoms with Crippen LogP contribution in [0.4, 0.5) is 4.79 Å². The van der Waals surface area contributed by atoms with Gasteiger partial charge in [-0.1, -0.05) is 0 Å². The van der Waals surface area contributed by atoms with Crippen molar-refractivity contribution in [3.05, 3.63) is 41.6 Å². The highest BCUT2D eigenvalue weighted by Gasteiger charge is 2.21. The Morgan fingerprint density at radius 1 is 1.18 bits per heavy atom. The summed E-state index contributed by atoms with van der Waals surface area (Å²) in [6, 6.07) is 8.32. The Morgan fingerprint density at radius 2 is 1.91 bits per heavy atom. The third-order valence-electron chi connectivity index (χ3n) is 5.32. The maximum absolute atomic E-state index is 12.1. The van der Waals surface area contributed by atoms with Crippen molar-refractivity contribution in [3.8, 4) is 17.3 Å². The number of carbonyl (C=O) groups is 2. The summed E-state index contributed by atoms with van der Waals surface area (Å²) >= 11 is 0. The molecule has 4 rings (SSSR count). The van der Waals surface area contributed by atoms with Crippen molar-refractivity contribution in [1.29, 1.82) is 0 Å². The van der Waals surface area contributed by atoms with Crippen molar-refractivity contribution in [1.82, 2.24) is 24.8 Å². The van der Waals surface area contributed by atoms with E-state index < -0.39 is 17.7 Å². The van der Waals surface area contributed by atoms with Gasteiger partial charge in [0.05, 0.1) is 35.6 Å². The number of ether oxygens (including phenoxy) is 2. The number of fused-ring (bicyclic) bond motifs is 2. The molecule has 3 N–H and O–H groups in total. The summed E-state index contributed by atoms with van der Waals surface area (Å²) in [5, 5.41) is 13.1. The lowest BCUT2D eigenvalue weighted by Crippen LogP contribution is -2.34. The fourth-order valence-electron chi connectivity index (χ4n) is 3.77. The van der Waals surface area contributed by atoms with E-state index in [0.717, 1.165) is 5.39 Å². The monoisotopic (exact) mass is 465 g/mol. The van der Waals surface area contributed by atoms with Crippen LogP contribution < -0.4 is 10.1 Å². The molecule has 0 aliphatic rings.